The highest BCUT2D eigenvalue weighted by molar-refractivity contribution is 7.98. The summed E-state index contributed by atoms with van der Waals surface area (Å²) in [5, 5.41) is 13.9. The normalized spacial score (nSPS) is 10.2. The van der Waals surface area contributed by atoms with E-state index in [4.69, 9.17) is 4.74 Å². The maximum Gasteiger partial charge on any atom is 0.341 e. The molecule has 0 unspecified atom stereocenters. The van der Waals surface area contributed by atoms with Crippen molar-refractivity contribution < 1.29 is 19.2 Å². The molecule has 0 saturated heterocycles. The summed E-state index contributed by atoms with van der Waals surface area (Å²) in [6, 6.07) is 7.51. The van der Waals surface area contributed by atoms with E-state index in [2.05, 4.69) is 10.3 Å². The molecule has 130 valence electrons. The van der Waals surface area contributed by atoms with Gasteiger partial charge in [0.1, 0.15) is 5.03 Å². The number of hydrogen-bond donors (Lipinski definition) is 1. The SMILES string of the molecule is CSc1ncccc1C(=O)OCC(=O)Nc1cccc([N+](=O)[O-])c1C. The summed E-state index contributed by atoms with van der Waals surface area (Å²) in [6.07, 6.45) is 3.33. The second-order valence-corrected chi connectivity index (χ2v) is 5.69. The van der Waals surface area contributed by atoms with Crippen LogP contribution in [0.4, 0.5) is 11.4 Å². The van der Waals surface area contributed by atoms with Gasteiger partial charge in [-0.15, -0.1) is 11.8 Å². The first-order valence-electron chi connectivity index (χ1n) is 7.14. The molecule has 0 saturated carbocycles. The number of thioether (sulfide) groups is 1. The van der Waals surface area contributed by atoms with E-state index < -0.39 is 23.4 Å². The molecule has 0 fully saturated rings. The van der Waals surface area contributed by atoms with Crippen molar-refractivity contribution in [1.29, 1.82) is 0 Å². The second kappa shape index (κ2) is 8.25. The third kappa shape index (κ3) is 4.54. The van der Waals surface area contributed by atoms with Crippen LogP contribution >= 0.6 is 11.8 Å². The van der Waals surface area contributed by atoms with Gasteiger partial charge in [-0.1, -0.05) is 6.07 Å². The summed E-state index contributed by atoms with van der Waals surface area (Å²) < 4.78 is 4.98. The van der Waals surface area contributed by atoms with Crippen molar-refractivity contribution >= 4 is 35.0 Å². The summed E-state index contributed by atoms with van der Waals surface area (Å²) in [5.74, 6) is -1.25. The van der Waals surface area contributed by atoms with Gasteiger partial charge in [0.25, 0.3) is 11.6 Å². The monoisotopic (exact) mass is 361 g/mol. The molecule has 8 nitrogen and oxygen atoms in total. The fourth-order valence-corrected chi connectivity index (χ4v) is 2.60. The molecule has 0 spiro atoms. The molecule has 1 aromatic carbocycles. The lowest BCUT2D eigenvalue weighted by Gasteiger charge is -2.10. The quantitative estimate of drug-likeness (QED) is 0.364. The molecular formula is C16H15N3O5S. The largest absolute Gasteiger partial charge is 0.452 e. The number of nitrogens with one attached hydrogen (secondary N) is 1. The van der Waals surface area contributed by atoms with Crippen LogP contribution in [0.2, 0.25) is 0 Å². The molecule has 2 rings (SSSR count). The number of nitro groups is 1. The highest BCUT2D eigenvalue weighted by atomic mass is 32.2. The molecule has 1 heterocycles. The highest BCUT2D eigenvalue weighted by Crippen LogP contribution is 2.25. The zero-order valence-corrected chi connectivity index (χ0v) is 14.3. The first-order chi connectivity index (χ1) is 11.9. The number of amides is 1. The standard InChI is InChI=1S/C16H15N3O5S/c1-10-12(6-3-7-13(10)19(22)23)18-14(20)9-24-16(21)11-5-4-8-17-15(11)25-2/h3-8H,9H2,1-2H3,(H,18,20). The number of nitrogens with zero attached hydrogens (tertiary/aromatic N) is 2. The van der Waals surface area contributed by atoms with E-state index in [-0.39, 0.29) is 11.3 Å². The zero-order valence-electron chi connectivity index (χ0n) is 13.5. The van der Waals surface area contributed by atoms with E-state index >= 15 is 0 Å². The van der Waals surface area contributed by atoms with Crippen LogP contribution in [0.15, 0.2) is 41.6 Å². The summed E-state index contributed by atoms with van der Waals surface area (Å²) in [5.41, 5.74) is 0.787. The van der Waals surface area contributed by atoms with Crippen LogP contribution in [0.1, 0.15) is 15.9 Å². The molecular weight excluding hydrogens is 346 g/mol. The lowest BCUT2D eigenvalue weighted by atomic mass is 10.1. The molecule has 1 aromatic heterocycles. The van der Waals surface area contributed by atoms with Gasteiger partial charge < -0.3 is 10.1 Å². The number of hydrogen-bond acceptors (Lipinski definition) is 7. The lowest BCUT2D eigenvalue weighted by molar-refractivity contribution is -0.385. The Hall–Kier alpha value is -2.94. The molecule has 0 aliphatic rings. The molecule has 0 atom stereocenters. The molecule has 1 amide bonds. The number of anilines is 1. The number of esters is 1. The Morgan fingerprint density at radius 1 is 1.32 bits per heavy atom. The number of benzene rings is 1. The van der Waals surface area contributed by atoms with Crippen molar-refractivity contribution in [1.82, 2.24) is 4.98 Å². The molecule has 1 N–H and O–H groups in total. The van der Waals surface area contributed by atoms with E-state index in [0.29, 0.717) is 16.3 Å². The van der Waals surface area contributed by atoms with E-state index in [1.807, 2.05) is 0 Å². The Kier molecular flexibility index (Phi) is 6.07. The second-order valence-electron chi connectivity index (χ2n) is 4.89. The minimum absolute atomic E-state index is 0.102. The summed E-state index contributed by atoms with van der Waals surface area (Å²) >= 11 is 1.29. The molecule has 0 aliphatic heterocycles. The topological polar surface area (TPSA) is 111 Å². The molecule has 0 aliphatic carbocycles. The third-order valence-electron chi connectivity index (χ3n) is 3.29. The van der Waals surface area contributed by atoms with Gasteiger partial charge in [-0.3, -0.25) is 14.9 Å². The number of aromatic nitrogens is 1. The van der Waals surface area contributed by atoms with Crippen molar-refractivity contribution in [2.24, 2.45) is 0 Å². The molecule has 0 bridgehead atoms. The predicted molar refractivity (Wildman–Crippen MR) is 92.8 cm³/mol. The Balaban J connectivity index is 2.01. The van der Waals surface area contributed by atoms with Gasteiger partial charge in [-0.25, -0.2) is 9.78 Å². The van der Waals surface area contributed by atoms with Crippen LogP contribution < -0.4 is 5.32 Å². The fraction of sp³-hybridized carbons (Fsp3) is 0.188. The number of nitro benzene ring substituents is 1. The average Bonchev–Trinajstić information content (AvgIpc) is 2.61. The van der Waals surface area contributed by atoms with Crippen molar-refractivity contribution in [3.63, 3.8) is 0 Å². The van der Waals surface area contributed by atoms with Gasteiger partial charge in [0.2, 0.25) is 0 Å². The lowest BCUT2D eigenvalue weighted by Crippen LogP contribution is -2.21. The molecule has 9 heteroatoms. The van der Waals surface area contributed by atoms with Gasteiger partial charge in [-0.2, -0.15) is 0 Å². The van der Waals surface area contributed by atoms with Crippen LogP contribution in [0, 0.1) is 17.0 Å². The average molecular weight is 361 g/mol. The van der Waals surface area contributed by atoms with E-state index in [0.717, 1.165) is 0 Å². The molecule has 0 radical (unpaired) electrons. The maximum atomic E-state index is 12.0. The molecule has 2 aromatic rings. The van der Waals surface area contributed by atoms with Gasteiger partial charge in [0.05, 0.1) is 21.7 Å². The molecule has 25 heavy (non-hydrogen) atoms. The van der Waals surface area contributed by atoms with Crippen molar-refractivity contribution in [3.8, 4) is 0 Å². The Labute approximate surface area is 147 Å². The summed E-state index contributed by atoms with van der Waals surface area (Å²) in [4.78, 5) is 38.4. The highest BCUT2D eigenvalue weighted by Gasteiger charge is 2.17. The van der Waals surface area contributed by atoms with Crippen molar-refractivity contribution in [2.45, 2.75) is 11.9 Å². The number of rotatable bonds is 6. The van der Waals surface area contributed by atoms with Gasteiger partial charge in [0.15, 0.2) is 6.61 Å². The van der Waals surface area contributed by atoms with E-state index in [9.17, 15) is 19.7 Å². The van der Waals surface area contributed by atoms with Gasteiger partial charge in [0, 0.05) is 12.3 Å². The van der Waals surface area contributed by atoms with Crippen molar-refractivity contribution in [3.05, 3.63) is 57.8 Å². The Bertz CT molecular complexity index is 825. The first-order valence-corrected chi connectivity index (χ1v) is 8.36. The maximum absolute atomic E-state index is 12.0. The first kappa shape index (κ1) is 18.4. The minimum atomic E-state index is -0.664. The predicted octanol–water partition coefficient (Wildman–Crippen LogP) is 2.82. The fourth-order valence-electron chi connectivity index (χ4n) is 2.06. The minimum Gasteiger partial charge on any atom is -0.452 e. The van der Waals surface area contributed by atoms with Gasteiger partial charge in [-0.05, 0) is 31.4 Å². The van der Waals surface area contributed by atoms with Crippen LogP contribution in [-0.2, 0) is 9.53 Å². The number of carbonyl (C=O) groups excluding carboxylic acids is 2. The van der Waals surface area contributed by atoms with Crippen LogP contribution in [0.25, 0.3) is 0 Å². The third-order valence-corrected chi connectivity index (χ3v) is 4.01. The van der Waals surface area contributed by atoms with Crippen LogP contribution in [-0.4, -0.2) is 34.6 Å². The van der Waals surface area contributed by atoms with Crippen LogP contribution in [0.3, 0.4) is 0 Å². The Morgan fingerprint density at radius 3 is 2.76 bits per heavy atom. The summed E-state index contributed by atoms with van der Waals surface area (Å²) in [6.45, 7) is 1.02. The summed E-state index contributed by atoms with van der Waals surface area (Å²) in [7, 11) is 0. The van der Waals surface area contributed by atoms with Crippen LogP contribution in [0.5, 0.6) is 0 Å². The smallest absolute Gasteiger partial charge is 0.341 e. The zero-order chi connectivity index (χ0) is 18.4. The number of pyridine rings is 1. The van der Waals surface area contributed by atoms with Crippen molar-refractivity contribution in [2.75, 3.05) is 18.2 Å². The van der Waals surface area contributed by atoms with Gasteiger partial charge >= 0.3 is 5.97 Å². The number of ether oxygens (including phenoxy) is 1. The number of carbonyl (C=O) groups is 2. The van der Waals surface area contributed by atoms with E-state index in [1.54, 1.807) is 24.6 Å². The Morgan fingerprint density at radius 2 is 2.08 bits per heavy atom. The van der Waals surface area contributed by atoms with E-state index in [1.165, 1.54) is 36.9 Å².